The second kappa shape index (κ2) is 9.18. The zero-order valence-electron chi connectivity index (χ0n) is 10.8. The molecule has 106 valence electrons. The van der Waals surface area contributed by atoms with Crippen LogP contribution in [0.25, 0.3) is 0 Å². The Balaban J connectivity index is 0.00000324. The van der Waals surface area contributed by atoms with Crippen molar-refractivity contribution in [3.8, 4) is 0 Å². The van der Waals surface area contributed by atoms with Gasteiger partial charge in [0.25, 0.3) is 0 Å². The molecule has 0 bridgehead atoms. The molecule has 0 atom stereocenters. The summed E-state index contributed by atoms with van der Waals surface area (Å²) in [6, 6.07) is 10.1. The van der Waals surface area contributed by atoms with E-state index < -0.39 is 0 Å². The number of hydrogen-bond acceptors (Lipinski definition) is 3. The van der Waals surface area contributed by atoms with E-state index in [2.05, 4.69) is 17.4 Å². The summed E-state index contributed by atoms with van der Waals surface area (Å²) < 4.78 is 0. The maximum atomic E-state index is 7.63. The number of hydroxylamine groups is 2. The molecule has 0 saturated carbocycles. The van der Waals surface area contributed by atoms with Crippen molar-refractivity contribution >= 4 is 24.3 Å². The summed E-state index contributed by atoms with van der Waals surface area (Å²) in [5.41, 5.74) is 6.40. The van der Waals surface area contributed by atoms with Crippen LogP contribution in [0.1, 0.15) is 12.0 Å². The van der Waals surface area contributed by atoms with E-state index in [-0.39, 0.29) is 24.3 Å². The number of halogens is 1. The van der Waals surface area contributed by atoms with Gasteiger partial charge in [0, 0.05) is 6.54 Å². The number of nitrogens with zero attached hydrogens (tertiary/aromatic N) is 1. The van der Waals surface area contributed by atoms with Crippen LogP contribution in [0, 0.1) is 10.8 Å². The Hall–Kier alpha value is -1.79. The quantitative estimate of drug-likeness (QED) is 0.372. The second-order valence-corrected chi connectivity index (χ2v) is 3.76. The van der Waals surface area contributed by atoms with E-state index in [4.69, 9.17) is 21.4 Å². The zero-order valence-corrected chi connectivity index (χ0v) is 11.7. The number of benzene rings is 1. The van der Waals surface area contributed by atoms with E-state index in [1.807, 2.05) is 18.2 Å². The topological polar surface area (TPSA) is 98.2 Å². The molecule has 0 aromatic heterocycles. The monoisotopic (exact) mass is 285 g/mol. The molecule has 1 aromatic rings. The van der Waals surface area contributed by atoms with Gasteiger partial charge in [0.1, 0.15) is 0 Å². The Morgan fingerprint density at radius 1 is 1.32 bits per heavy atom. The third kappa shape index (κ3) is 6.64. The fraction of sp³-hybridized carbons (Fsp3) is 0.333. The SMILES string of the molecule is CON(CCCc1ccccc1)C(=N)NC(=N)N.Cl. The Morgan fingerprint density at radius 3 is 2.47 bits per heavy atom. The molecule has 5 N–H and O–H groups in total. The van der Waals surface area contributed by atoms with Crippen LogP contribution in [0.3, 0.4) is 0 Å². The molecule has 0 radical (unpaired) electrons. The largest absolute Gasteiger partial charge is 0.370 e. The maximum Gasteiger partial charge on any atom is 0.222 e. The number of aryl methyl sites for hydroxylation is 1. The first-order valence-corrected chi connectivity index (χ1v) is 5.68. The lowest BCUT2D eigenvalue weighted by Gasteiger charge is -2.22. The van der Waals surface area contributed by atoms with E-state index in [1.165, 1.54) is 17.7 Å². The highest BCUT2D eigenvalue weighted by molar-refractivity contribution is 5.94. The van der Waals surface area contributed by atoms with Gasteiger partial charge in [-0.3, -0.25) is 21.0 Å². The average Bonchev–Trinajstić information content (AvgIpc) is 2.35. The summed E-state index contributed by atoms with van der Waals surface area (Å²) in [5, 5.41) is 18.4. The van der Waals surface area contributed by atoms with Crippen LogP contribution in [0.4, 0.5) is 0 Å². The highest BCUT2D eigenvalue weighted by Gasteiger charge is 2.09. The zero-order chi connectivity index (χ0) is 13.4. The van der Waals surface area contributed by atoms with Gasteiger partial charge in [0.2, 0.25) is 5.96 Å². The number of hydrogen-bond donors (Lipinski definition) is 4. The number of nitrogens with one attached hydrogen (secondary N) is 3. The van der Waals surface area contributed by atoms with Crippen molar-refractivity contribution in [2.75, 3.05) is 13.7 Å². The lowest BCUT2D eigenvalue weighted by Crippen LogP contribution is -2.45. The van der Waals surface area contributed by atoms with Gasteiger partial charge in [-0.2, -0.15) is 0 Å². The van der Waals surface area contributed by atoms with E-state index in [1.54, 1.807) is 0 Å². The fourth-order valence-electron chi connectivity index (χ4n) is 1.56. The Labute approximate surface area is 119 Å². The van der Waals surface area contributed by atoms with Crippen molar-refractivity contribution < 1.29 is 4.84 Å². The predicted molar refractivity (Wildman–Crippen MR) is 78.5 cm³/mol. The maximum absolute atomic E-state index is 7.63. The normalized spacial score (nSPS) is 9.32. The van der Waals surface area contributed by atoms with E-state index in [9.17, 15) is 0 Å². The number of nitrogens with two attached hydrogens (primary N) is 1. The molecule has 19 heavy (non-hydrogen) atoms. The summed E-state index contributed by atoms with van der Waals surface area (Å²) in [4.78, 5) is 5.04. The minimum atomic E-state index is -0.273. The molecular weight excluding hydrogens is 266 g/mol. The summed E-state index contributed by atoms with van der Waals surface area (Å²) in [5.74, 6) is -0.303. The van der Waals surface area contributed by atoms with Gasteiger partial charge in [0.05, 0.1) is 7.11 Å². The molecule has 0 spiro atoms. The Kier molecular flexibility index (Phi) is 8.32. The van der Waals surface area contributed by atoms with Crippen molar-refractivity contribution in [3.05, 3.63) is 35.9 Å². The van der Waals surface area contributed by atoms with Crippen LogP contribution in [0.2, 0.25) is 0 Å². The molecule has 7 heteroatoms. The van der Waals surface area contributed by atoms with Crippen molar-refractivity contribution in [2.24, 2.45) is 5.73 Å². The third-order valence-corrected chi connectivity index (χ3v) is 2.39. The summed E-state index contributed by atoms with van der Waals surface area (Å²) in [6.45, 7) is 0.560. The summed E-state index contributed by atoms with van der Waals surface area (Å²) in [7, 11) is 1.48. The van der Waals surface area contributed by atoms with Crippen LogP contribution in [-0.4, -0.2) is 30.6 Å². The van der Waals surface area contributed by atoms with Crippen LogP contribution < -0.4 is 11.1 Å². The highest BCUT2D eigenvalue weighted by Crippen LogP contribution is 2.03. The van der Waals surface area contributed by atoms with Crippen LogP contribution in [0.5, 0.6) is 0 Å². The number of guanidine groups is 2. The third-order valence-electron chi connectivity index (χ3n) is 2.39. The molecule has 0 unspecified atom stereocenters. The molecular formula is C12H20ClN5O. The molecule has 0 amide bonds. The highest BCUT2D eigenvalue weighted by atomic mass is 35.5. The first-order valence-electron chi connectivity index (χ1n) is 5.68. The van der Waals surface area contributed by atoms with E-state index in [0.29, 0.717) is 6.54 Å². The number of rotatable bonds is 5. The van der Waals surface area contributed by atoms with Gasteiger partial charge in [-0.05, 0) is 18.4 Å². The standard InChI is InChI=1S/C12H19N5O.ClH/c1-18-17(12(15)16-11(13)14)9-5-8-10-6-3-2-4-7-10;/h2-4,6-7H,5,8-9H2,1H3,(H5,13,14,15,16);1H. The van der Waals surface area contributed by atoms with Crippen LogP contribution in [-0.2, 0) is 11.3 Å². The summed E-state index contributed by atoms with van der Waals surface area (Å²) >= 11 is 0. The fourth-order valence-corrected chi connectivity index (χ4v) is 1.56. The van der Waals surface area contributed by atoms with Gasteiger partial charge >= 0.3 is 0 Å². The van der Waals surface area contributed by atoms with Crippen LogP contribution in [0.15, 0.2) is 30.3 Å². The van der Waals surface area contributed by atoms with Crippen molar-refractivity contribution in [3.63, 3.8) is 0 Å². The first-order chi connectivity index (χ1) is 8.63. The van der Waals surface area contributed by atoms with Gasteiger partial charge in [-0.25, -0.2) is 5.06 Å². The Bertz CT molecular complexity index is 398. The minimum Gasteiger partial charge on any atom is -0.370 e. The van der Waals surface area contributed by atoms with Crippen LogP contribution >= 0.6 is 12.4 Å². The lowest BCUT2D eigenvalue weighted by molar-refractivity contribution is -0.0683. The van der Waals surface area contributed by atoms with Crippen molar-refractivity contribution in [1.82, 2.24) is 10.4 Å². The van der Waals surface area contributed by atoms with E-state index >= 15 is 0 Å². The molecule has 0 aliphatic heterocycles. The molecule has 0 fully saturated rings. The minimum absolute atomic E-state index is 0. The molecule has 1 rings (SSSR count). The molecule has 0 saturated heterocycles. The molecule has 6 nitrogen and oxygen atoms in total. The lowest BCUT2D eigenvalue weighted by atomic mass is 10.1. The van der Waals surface area contributed by atoms with Gasteiger partial charge in [-0.1, -0.05) is 30.3 Å². The first kappa shape index (κ1) is 17.2. The predicted octanol–water partition coefficient (Wildman–Crippen LogP) is 1.32. The van der Waals surface area contributed by atoms with E-state index in [0.717, 1.165) is 12.8 Å². The van der Waals surface area contributed by atoms with Gasteiger partial charge in [0.15, 0.2) is 5.96 Å². The second-order valence-electron chi connectivity index (χ2n) is 3.76. The molecule has 0 aliphatic carbocycles. The Morgan fingerprint density at radius 2 is 1.95 bits per heavy atom. The van der Waals surface area contributed by atoms with Gasteiger partial charge < -0.3 is 5.73 Å². The smallest absolute Gasteiger partial charge is 0.222 e. The van der Waals surface area contributed by atoms with Crippen molar-refractivity contribution in [1.29, 1.82) is 10.8 Å². The molecule has 0 heterocycles. The average molecular weight is 286 g/mol. The molecule has 1 aromatic carbocycles. The van der Waals surface area contributed by atoms with Crippen molar-refractivity contribution in [2.45, 2.75) is 12.8 Å². The summed E-state index contributed by atoms with van der Waals surface area (Å²) in [6.07, 6.45) is 1.76. The molecule has 0 aliphatic rings. The van der Waals surface area contributed by atoms with Gasteiger partial charge in [-0.15, -0.1) is 12.4 Å².